The molecule has 9 atom stereocenters. The Morgan fingerprint density at radius 1 is 1.20 bits per heavy atom. The third-order valence-electron chi connectivity index (χ3n) is 11.4. The van der Waals surface area contributed by atoms with Gasteiger partial charge in [-0.05, 0) is 50.8 Å². The summed E-state index contributed by atoms with van der Waals surface area (Å²) in [5.41, 5.74) is -0.798. The second-order valence-electron chi connectivity index (χ2n) is 15.8. The number of fused-ring (bicyclic) bond motifs is 5. The summed E-state index contributed by atoms with van der Waals surface area (Å²) >= 11 is 6.74. The Hall–Kier alpha value is -3.32. The van der Waals surface area contributed by atoms with Gasteiger partial charge in [0.1, 0.15) is 23.9 Å². The Balaban J connectivity index is 1.61. The summed E-state index contributed by atoms with van der Waals surface area (Å²) in [6, 6.07) is 2.46. The summed E-state index contributed by atoms with van der Waals surface area (Å²) in [7, 11) is 7.75. The second kappa shape index (κ2) is 21.0. The molecule has 4 rings (SSSR count). The number of halogens is 1. The van der Waals surface area contributed by atoms with Crippen molar-refractivity contribution in [2.75, 3.05) is 38.4 Å². The molecule has 3 aliphatic heterocycles. The minimum Gasteiger partial charge on any atom is -0.457 e. The number of esters is 1. The summed E-state index contributed by atoms with van der Waals surface area (Å²) in [6.45, 7) is 8.01. The van der Waals surface area contributed by atoms with Crippen molar-refractivity contribution in [1.29, 1.82) is 0 Å². The van der Waals surface area contributed by atoms with E-state index >= 15 is 0 Å². The van der Waals surface area contributed by atoms with Crippen molar-refractivity contribution in [3.05, 3.63) is 52.1 Å². The lowest BCUT2D eigenvalue weighted by Gasteiger charge is -2.42. The number of allylic oxidation sites excluding steroid dienone is 3. The largest absolute Gasteiger partial charge is 0.457 e. The highest BCUT2D eigenvalue weighted by molar-refractivity contribution is 8.76. The van der Waals surface area contributed by atoms with Crippen LogP contribution >= 0.6 is 33.2 Å². The summed E-state index contributed by atoms with van der Waals surface area (Å²) in [5.74, 6) is -2.56. The van der Waals surface area contributed by atoms with Crippen LogP contribution in [0.2, 0.25) is 5.02 Å². The number of nitrogens with one attached hydrogen (secondary N) is 2. The zero-order valence-corrected chi connectivity index (χ0v) is 37.4. The molecule has 3 heterocycles. The van der Waals surface area contributed by atoms with Gasteiger partial charge in [-0.15, -0.1) is 0 Å². The van der Waals surface area contributed by atoms with Crippen LogP contribution in [0, 0.1) is 11.8 Å². The molecule has 1 unspecified atom stereocenters. The third-order valence-corrected chi connectivity index (χ3v) is 14.8. The lowest BCUT2D eigenvalue weighted by atomic mass is 9.81. The van der Waals surface area contributed by atoms with Crippen molar-refractivity contribution in [2.24, 2.45) is 11.8 Å². The first-order chi connectivity index (χ1) is 27.8. The number of hydrogen-bond acceptors (Lipinski definition) is 13. The third kappa shape index (κ3) is 12.2. The predicted octanol–water partition coefficient (Wildman–Crippen LogP) is 4.28. The molecule has 15 nitrogen and oxygen atoms in total. The lowest BCUT2D eigenvalue weighted by Crippen LogP contribution is -2.62. The summed E-state index contributed by atoms with van der Waals surface area (Å²) < 4.78 is 18.0. The maximum absolute atomic E-state index is 14.2. The summed E-state index contributed by atoms with van der Waals surface area (Å²) in [5, 5.41) is 37.7. The highest BCUT2D eigenvalue weighted by Gasteiger charge is 2.64. The Kier molecular flexibility index (Phi) is 17.2. The van der Waals surface area contributed by atoms with E-state index in [9.17, 15) is 39.3 Å². The molecule has 328 valence electrons. The first-order valence-electron chi connectivity index (χ1n) is 19.8. The van der Waals surface area contributed by atoms with Crippen molar-refractivity contribution >= 4 is 68.7 Å². The van der Waals surface area contributed by atoms with Gasteiger partial charge in [0.2, 0.25) is 17.7 Å². The maximum Gasteiger partial charge on any atom is 0.409 e. The molecule has 0 aromatic heterocycles. The number of likely N-dealkylation sites (N-methyl/N-ethyl adjacent to an activating group) is 1. The molecule has 1 aromatic carbocycles. The minimum absolute atomic E-state index is 0.0264. The number of aliphatic hydroxyl groups is 3. The van der Waals surface area contributed by atoms with Gasteiger partial charge in [0.25, 0.3) is 0 Å². The molecule has 0 saturated carbocycles. The number of anilines is 1. The van der Waals surface area contributed by atoms with E-state index in [0.29, 0.717) is 36.3 Å². The fourth-order valence-electron chi connectivity index (χ4n) is 7.28. The topological polar surface area (TPSA) is 208 Å². The van der Waals surface area contributed by atoms with Gasteiger partial charge in [-0.2, -0.15) is 0 Å². The van der Waals surface area contributed by atoms with E-state index in [4.69, 9.17) is 25.8 Å². The van der Waals surface area contributed by atoms with E-state index < -0.39 is 72.1 Å². The van der Waals surface area contributed by atoms with Gasteiger partial charge in [0.15, 0.2) is 5.72 Å². The zero-order chi connectivity index (χ0) is 43.8. The van der Waals surface area contributed by atoms with Gasteiger partial charge in [-0.3, -0.25) is 19.7 Å². The van der Waals surface area contributed by atoms with Crippen molar-refractivity contribution in [2.45, 2.75) is 121 Å². The SMILES string of the molecule is CNC(=O)CCC(C)SSCCC(=O)N(C)[C@@H](C)C(=O)O[C@H]1CC(=O)N(C)c2cc(cc(CO)c2Cl)C/C(C)=C/C=C/[C@@H](CO)[C@@]2(O)C[C@H](OC(=O)N2)[C@@H](C)[C@@H]2O[C@@]12C. The van der Waals surface area contributed by atoms with E-state index in [1.165, 1.54) is 41.6 Å². The predicted molar refractivity (Wildman–Crippen MR) is 228 cm³/mol. The molecule has 3 aliphatic rings. The van der Waals surface area contributed by atoms with Crippen molar-refractivity contribution in [1.82, 2.24) is 15.5 Å². The number of amides is 4. The number of aliphatic hydroxyl groups excluding tert-OH is 2. The molecule has 5 N–H and O–H groups in total. The van der Waals surface area contributed by atoms with Gasteiger partial charge >= 0.3 is 12.1 Å². The molecule has 1 aromatic rings. The number of ether oxygens (including phenoxy) is 3. The number of nitrogens with zero attached hydrogens (tertiary/aromatic N) is 2. The van der Waals surface area contributed by atoms with E-state index in [-0.39, 0.29) is 48.0 Å². The normalized spacial score (nSPS) is 29.7. The van der Waals surface area contributed by atoms with Gasteiger partial charge < -0.3 is 44.6 Å². The standard InChI is InChI=1S/C41H59ClN4O11S2/c1-23-10-9-11-29(22-48)41(54)20-31(55-39(53)44-41)25(3)37-40(5,57-37)32(19-35(51)46(8)30-18-27(16-23)17-28(21-47)36(30)42)56-38(52)26(4)45(7)34(50)14-15-58-59-24(2)12-13-33(49)43-6/h9-11,17-18,24-26,29,31-32,37,47-48,54H,12-16,19-22H2,1-8H3,(H,43,49)(H,44,53)/b11-9+,23-10+/t24?,25-,26+,29+,31+,32+,37+,40+,41+/m1/s1. The van der Waals surface area contributed by atoms with Gasteiger partial charge in [-0.1, -0.05) is 76.9 Å². The van der Waals surface area contributed by atoms with Crippen LogP contribution in [0.1, 0.15) is 77.8 Å². The van der Waals surface area contributed by atoms with Crippen LogP contribution in [0.15, 0.2) is 35.9 Å². The number of hydrogen-bond donors (Lipinski definition) is 5. The Morgan fingerprint density at radius 3 is 2.58 bits per heavy atom. The number of carbonyl (C=O) groups is 5. The number of rotatable bonds is 13. The monoisotopic (exact) mass is 882 g/mol. The Labute approximate surface area is 359 Å². The average molecular weight is 884 g/mol. The summed E-state index contributed by atoms with van der Waals surface area (Å²) in [6.07, 6.45) is 2.60. The molecule has 4 amide bonds. The van der Waals surface area contributed by atoms with Gasteiger partial charge in [0, 0.05) is 63.2 Å². The molecule has 18 heteroatoms. The smallest absolute Gasteiger partial charge is 0.409 e. The Morgan fingerprint density at radius 2 is 1.92 bits per heavy atom. The number of alkyl carbamates (subject to hydrolysis) is 1. The minimum atomic E-state index is -1.88. The maximum atomic E-state index is 14.2. The van der Waals surface area contributed by atoms with Crippen LogP contribution in [0.5, 0.6) is 0 Å². The van der Waals surface area contributed by atoms with Crippen molar-refractivity contribution in [3.8, 4) is 0 Å². The number of benzene rings is 1. The quantitative estimate of drug-likeness (QED) is 0.0813. The summed E-state index contributed by atoms with van der Waals surface area (Å²) in [4.78, 5) is 68.4. The van der Waals surface area contributed by atoms with Crippen LogP contribution in [0.25, 0.3) is 0 Å². The molecule has 2 saturated heterocycles. The molecule has 2 fully saturated rings. The van der Waals surface area contributed by atoms with Crippen molar-refractivity contribution in [3.63, 3.8) is 0 Å². The second-order valence-corrected chi connectivity index (χ2v) is 19.1. The fraction of sp³-hybridized carbons (Fsp3) is 0.634. The van der Waals surface area contributed by atoms with Gasteiger partial charge in [-0.25, -0.2) is 9.59 Å². The highest BCUT2D eigenvalue weighted by atomic mass is 35.5. The fourth-order valence-corrected chi connectivity index (χ4v) is 9.90. The molecule has 0 radical (unpaired) electrons. The first kappa shape index (κ1) is 48.3. The van der Waals surface area contributed by atoms with Crippen molar-refractivity contribution < 1.29 is 53.5 Å². The van der Waals surface area contributed by atoms with E-state index in [1.807, 2.05) is 13.8 Å². The molecule has 59 heavy (non-hydrogen) atoms. The molecule has 0 aliphatic carbocycles. The molecule has 4 bridgehead atoms. The molecular formula is C41H59ClN4O11S2. The number of carbonyl (C=O) groups excluding carboxylic acids is 5. The van der Waals surface area contributed by atoms with E-state index in [2.05, 4.69) is 10.6 Å². The van der Waals surface area contributed by atoms with Crippen LogP contribution in [0.4, 0.5) is 10.5 Å². The molecule has 0 spiro atoms. The molecular weight excluding hydrogens is 824 g/mol. The first-order valence-corrected chi connectivity index (χ1v) is 22.5. The zero-order valence-electron chi connectivity index (χ0n) is 35.0. The van der Waals surface area contributed by atoms with Gasteiger partial charge in [0.05, 0.1) is 36.4 Å². The van der Waals surface area contributed by atoms with E-state index in [0.717, 1.165) is 11.1 Å². The van der Waals surface area contributed by atoms with E-state index in [1.54, 1.807) is 62.0 Å². The van der Waals surface area contributed by atoms with Crippen LogP contribution in [-0.4, -0.2) is 124 Å². The highest BCUT2D eigenvalue weighted by Crippen LogP contribution is 2.49. The number of epoxide rings is 1. The van der Waals surface area contributed by atoms with Crippen LogP contribution < -0.4 is 15.5 Å². The Bertz CT molecular complexity index is 1780. The van der Waals surface area contributed by atoms with Crippen LogP contribution in [0.3, 0.4) is 0 Å². The lowest BCUT2D eigenvalue weighted by molar-refractivity contribution is -0.161. The van der Waals surface area contributed by atoms with Crippen LogP contribution in [-0.2, 0) is 46.4 Å². The average Bonchev–Trinajstić information content (AvgIpc) is 3.90.